The van der Waals surface area contributed by atoms with E-state index in [1.807, 2.05) is 0 Å². The molecule has 1 unspecified atom stereocenters. The van der Waals surface area contributed by atoms with Gasteiger partial charge in [0.05, 0.1) is 31.1 Å². The van der Waals surface area contributed by atoms with Crippen LogP contribution in [0.25, 0.3) is 0 Å². The fraction of sp³-hybridized carbons (Fsp3) is 0.429. The van der Waals surface area contributed by atoms with E-state index in [9.17, 15) is 32.9 Å². The second-order valence-corrected chi connectivity index (χ2v) is 4.89. The van der Waals surface area contributed by atoms with Gasteiger partial charge in [0.25, 0.3) is 11.6 Å². The first-order valence-corrected chi connectivity index (χ1v) is 7.09. The molecular weight excluding hydrogens is 365 g/mol. The Morgan fingerprint density at radius 3 is 2.38 bits per heavy atom. The predicted octanol–water partition coefficient (Wildman–Crippen LogP) is 2.14. The Morgan fingerprint density at radius 1 is 1.35 bits per heavy atom. The maximum Gasteiger partial charge on any atom is 0.391 e. The lowest BCUT2D eigenvalue weighted by Gasteiger charge is -2.17. The van der Waals surface area contributed by atoms with Gasteiger partial charge in [-0.15, -0.1) is 0 Å². The summed E-state index contributed by atoms with van der Waals surface area (Å²) in [6.45, 7) is 1.70. The number of carboxylic acid groups (broad SMARTS) is 1. The number of rotatable bonds is 8. The molecule has 2 N–H and O–H groups in total. The van der Waals surface area contributed by atoms with Crippen LogP contribution in [-0.4, -0.2) is 47.8 Å². The average molecular weight is 380 g/mol. The van der Waals surface area contributed by atoms with Gasteiger partial charge >= 0.3 is 12.1 Å². The number of nitro benzene ring substituents is 1. The summed E-state index contributed by atoms with van der Waals surface area (Å²) >= 11 is 0. The third kappa shape index (κ3) is 5.50. The maximum atomic E-state index is 12.4. The van der Waals surface area contributed by atoms with E-state index in [0.717, 1.165) is 12.1 Å². The molecule has 1 atom stereocenters. The monoisotopic (exact) mass is 380 g/mol. The molecular formula is C14H15F3N2O7. The standard InChI is InChI=1S/C14H15F3N2O7/c1-3-26-11-4-7(9(19(23)24)5-10(11)25-2)12(20)18-8(13(21)22)6-14(15,16)17/h4-5,8H,3,6H2,1-2H3,(H,18,20)(H,21,22). The number of hydrogen-bond donors (Lipinski definition) is 2. The summed E-state index contributed by atoms with van der Waals surface area (Å²) in [7, 11) is 1.20. The molecule has 1 amide bonds. The number of ether oxygens (including phenoxy) is 2. The second-order valence-electron chi connectivity index (χ2n) is 4.89. The van der Waals surface area contributed by atoms with Crippen molar-refractivity contribution in [3.8, 4) is 11.5 Å². The van der Waals surface area contributed by atoms with E-state index in [1.165, 1.54) is 7.11 Å². The molecule has 1 rings (SSSR count). The molecule has 0 saturated heterocycles. The Bertz CT molecular complexity index is 707. The zero-order valence-corrected chi connectivity index (χ0v) is 13.6. The van der Waals surface area contributed by atoms with E-state index in [1.54, 1.807) is 12.2 Å². The summed E-state index contributed by atoms with van der Waals surface area (Å²) < 4.78 is 47.4. The minimum atomic E-state index is -4.86. The minimum absolute atomic E-state index is 0.0616. The van der Waals surface area contributed by atoms with Gasteiger partial charge in [-0.25, -0.2) is 4.79 Å². The quantitative estimate of drug-likeness (QED) is 0.522. The van der Waals surface area contributed by atoms with Gasteiger partial charge in [0, 0.05) is 6.07 Å². The summed E-state index contributed by atoms with van der Waals surface area (Å²) in [5.74, 6) is -3.43. The Labute approximate surface area is 144 Å². The second kappa shape index (κ2) is 8.36. The van der Waals surface area contributed by atoms with Crippen molar-refractivity contribution in [2.75, 3.05) is 13.7 Å². The van der Waals surface area contributed by atoms with Crippen LogP contribution in [0.3, 0.4) is 0 Å². The van der Waals surface area contributed by atoms with Crippen LogP contribution in [0.4, 0.5) is 18.9 Å². The molecule has 0 fully saturated rings. The predicted molar refractivity (Wildman–Crippen MR) is 80.4 cm³/mol. The number of hydrogen-bond acceptors (Lipinski definition) is 6. The maximum absolute atomic E-state index is 12.4. The van der Waals surface area contributed by atoms with E-state index < -0.39 is 46.7 Å². The fourth-order valence-corrected chi connectivity index (χ4v) is 1.98. The van der Waals surface area contributed by atoms with Gasteiger partial charge in [0.1, 0.15) is 11.6 Å². The first-order valence-electron chi connectivity index (χ1n) is 7.09. The van der Waals surface area contributed by atoms with Crippen molar-refractivity contribution in [2.24, 2.45) is 0 Å². The molecule has 1 aromatic carbocycles. The average Bonchev–Trinajstić information content (AvgIpc) is 2.52. The molecule has 9 nitrogen and oxygen atoms in total. The highest BCUT2D eigenvalue weighted by molar-refractivity contribution is 6.00. The number of halogens is 3. The van der Waals surface area contributed by atoms with Crippen molar-refractivity contribution in [1.29, 1.82) is 0 Å². The molecule has 0 aromatic heterocycles. The van der Waals surface area contributed by atoms with E-state index >= 15 is 0 Å². The van der Waals surface area contributed by atoms with E-state index in [-0.39, 0.29) is 18.1 Å². The number of aliphatic carboxylic acids is 1. The van der Waals surface area contributed by atoms with Crippen LogP contribution in [0.1, 0.15) is 23.7 Å². The number of nitro groups is 1. The summed E-state index contributed by atoms with van der Waals surface area (Å²) in [6, 6.07) is -0.540. The van der Waals surface area contributed by atoms with Crippen molar-refractivity contribution < 1.29 is 42.3 Å². The van der Waals surface area contributed by atoms with Gasteiger partial charge in [-0.05, 0) is 6.92 Å². The number of carbonyl (C=O) groups is 2. The zero-order chi connectivity index (χ0) is 20.1. The third-order valence-corrected chi connectivity index (χ3v) is 3.06. The fourth-order valence-electron chi connectivity index (χ4n) is 1.98. The lowest BCUT2D eigenvalue weighted by Crippen LogP contribution is -2.43. The molecule has 0 heterocycles. The van der Waals surface area contributed by atoms with Crippen molar-refractivity contribution in [3.63, 3.8) is 0 Å². The SMILES string of the molecule is CCOc1cc(C(=O)NC(CC(F)(F)F)C(=O)O)c([N+](=O)[O-])cc1OC. The first-order chi connectivity index (χ1) is 12.0. The lowest BCUT2D eigenvalue weighted by atomic mass is 10.1. The number of amides is 1. The number of nitrogens with one attached hydrogen (secondary N) is 1. The molecule has 0 radical (unpaired) electrons. The summed E-state index contributed by atoms with van der Waals surface area (Å²) in [5, 5.41) is 21.6. The van der Waals surface area contributed by atoms with Crippen LogP contribution >= 0.6 is 0 Å². The van der Waals surface area contributed by atoms with Crippen LogP contribution in [0, 0.1) is 10.1 Å². The van der Waals surface area contributed by atoms with Crippen LogP contribution in [0.2, 0.25) is 0 Å². The summed E-state index contributed by atoms with van der Waals surface area (Å²) in [6.07, 6.45) is -6.70. The minimum Gasteiger partial charge on any atom is -0.493 e. The molecule has 0 aliphatic carbocycles. The van der Waals surface area contributed by atoms with E-state index in [0.29, 0.717) is 0 Å². The number of alkyl halides is 3. The zero-order valence-electron chi connectivity index (χ0n) is 13.6. The molecule has 0 bridgehead atoms. The Kier molecular flexibility index (Phi) is 6.75. The van der Waals surface area contributed by atoms with Crippen LogP contribution < -0.4 is 14.8 Å². The van der Waals surface area contributed by atoms with Gasteiger partial charge in [0.15, 0.2) is 11.5 Å². The highest BCUT2D eigenvalue weighted by Gasteiger charge is 2.37. The Hall–Kier alpha value is -3.05. The number of nitrogens with zero attached hydrogens (tertiary/aromatic N) is 1. The van der Waals surface area contributed by atoms with Crippen molar-refractivity contribution in [2.45, 2.75) is 25.6 Å². The van der Waals surface area contributed by atoms with Crippen molar-refractivity contribution >= 4 is 17.6 Å². The summed E-state index contributed by atoms with van der Waals surface area (Å²) in [5.41, 5.74) is -1.44. The van der Waals surface area contributed by atoms with Gasteiger partial charge in [-0.3, -0.25) is 14.9 Å². The topological polar surface area (TPSA) is 128 Å². The molecule has 0 spiro atoms. The highest BCUT2D eigenvalue weighted by Crippen LogP contribution is 2.35. The Morgan fingerprint density at radius 2 is 1.96 bits per heavy atom. The van der Waals surface area contributed by atoms with Crippen molar-refractivity contribution in [3.05, 3.63) is 27.8 Å². The van der Waals surface area contributed by atoms with Crippen molar-refractivity contribution in [1.82, 2.24) is 5.32 Å². The van der Waals surface area contributed by atoms with E-state index in [4.69, 9.17) is 14.6 Å². The summed E-state index contributed by atoms with van der Waals surface area (Å²) in [4.78, 5) is 33.3. The lowest BCUT2D eigenvalue weighted by molar-refractivity contribution is -0.385. The van der Waals surface area contributed by atoms with Crippen LogP contribution in [0.15, 0.2) is 12.1 Å². The highest BCUT2D eigenvalue weighted by atomic mass is 19.4. The van der Waals surface area contributed by atoms with Gasteiger partial charge in [-0.2, -0.15) is 13.2 Å². The number of carbonyl (C=O) groups excluding carboxylic acids is 1. The molecule has 0 aliphatic rings. The van der Waals surface area contributed by atoms with Crippen LogP contribution in [0.5, 0.6) is 11.5 Å². The van der Waals surface area contributed by atoms with Gasteiger partial charge in [0.2, 0.25) is 0 Å². The molecule has 12 heteroatoms. The number of methoxy groups -OCH3 is 1. The third-order valence-electron chi connectivity index (χ3n) is 3.06. The van der Waals surface area contributed by atoms with Gasteiger partial charge < -0.3 is 19.9 Å². The largest absolute Gasteiger partial charge is 0.493 e. The Balaban J connectivity index is 3.29. The molecule has 26 heavy (non-hydrogen) atoms. The van der Waals surface area contributed by atoms with Gasteiger partial charge in [-0.1, -0.05) is 0 Å². The molecule has 0 aliphatic heterocycles. The normalized spacial score (nSPS) is 12.2. The number of carboxylic acids is 1. The number of benzene rings is 1. The molecule has 0 saturated carbocycles. The first kappa shape index (κ1) is 21.0. The van der Waals surface area contributed by atoms with Crippen LogP contribution in [-0.2, 0) is 4.79 Å². The molecule has 144 valence electrons. The molecule has 1 aromatic rings. The van der Waals surface area contributed by atoms with E-state index in [2.05, 4.69) is 0 Å². The smallest absolute Gasteiger partial charge is 0.391 e.